The highest BCUT2D eigenvalue weighted by atomic mass is 35.5. The Kier molecular flexibility index (Phi) is 5.64. The van der Waals surface area contributed by atoms with Crippen LogP contribution in [0, 0.1) is 0 Å². The molecule has 3 rings (SSSR count). The SMILES string of the molecule is O=C(C[NH+]1CCN(c2cccc(Cl)c2)CC1)Nc1nnc(C(F)(F)F)s1. The van der Waals surface area contributed by atoms with Crippen molar-refractivity contribution < 1.29 is 22.9 Å². The van der Waals surface area contributed by atoms with Gasteiger partial charge in [0.15, 0.2) is 6.54 Å². The number of anilines is 2. The van der Waals surface area contributed by atoms with Gasteiger partial charge in [-0.25, -0.2) is 0 Å². The van der Waals surface area contributed by atoms with Crippen molar-refractivity contribution in [1.29, 1.82) is 0 Å². The zero-order valence-electron chi connectivity index (χ0n) is 13.5. The smallest absolute Gasteiger partial charge is 0.360 e. The van der Waals surface area contributed by atoms with E-state index < -0.39 is 11.2 Å². The standard InChI is InChI=1S/C15H15ClF3N5OS/c16-10-2-1-3-11(8-10)24-6-4-23(5-7-24)9-12(25)20-14-22-21-13(26-14)15(17,18)19/h1-3,8H,4-7,9H2,(H,20,22,25)/p+1. The second kappa shape index (κ2) is 7.77. The highest BCUT2D eigenvalue weighted by molar-refractivity contribution is 7.15. The average Bonchev–Trinajstić information content (AvgIpc) is 3.04. The molecule has 1 aromatic heterocycles. The number of halogens is 4. The Morgan fingerprint density at radius 2 is 2.04 bits per heavy atom. The van der Waals surface area contributed by atoms with Crippen molar-refractivity contribution in [3.8, 4) is 0 Å². The summed E-state index contributed by atoms with van der Waals surface area (Å²) >= 11 is 6.32. The molecule has 0 saturated carbocycles. The van der Waals surface area contributed by atoms with Crippen LogP contribution in [0.25, 0.3) is 0 Å². The Balaban J connectivity index is 1.48. The van der Waals surface area contributed by atoms with E-state index in [1.165, 1.54) is 0 Å². The number of hydrogen-bond acceptors (Lipinski definition) is 5. The molecule has 140 valence electrons. The Hall–Kier alpha value is -1.91. The van der Waals surface area contributed by atoms with Crippen molar-refractivity contribution >= 4 is 39.7 Å². The third-order valence-electron chi connectivity index (χ3n) is 3.97. The molecule has 1 saturated heterocycles. The molecule has 0 atom stereocenters. The lowest BCUT2D eigenvalue weighted by atomic mass is 10.2. The van der Waals surface area contributed by atoms with Crippen LogP contribution in [-0.4, -0.2) is 48.8 Å². The Labute approximate surface area is 156 Å². The summed E-state index contributed by atoms with van der Waals surface area (Å²) in [7, 11) is 0. The summed E-state index contributed by atoms with van der Waals surface area (Å²) in [6.07, 6.45) is -4.55. The normalized spacial score (nSPS) is 15.9. The van der Waals surface area contributed by atoms with Crippen LogP contribution in [0.15, 0.2) is 24.3 Å². The van der Waals surface area contributed by atoms with Gasteiger partial charge < -0.3 is 9.80 Å². The molecule has 11 heteroatoms. The lowest BCUT2D eigenvalue weighted by molar-refractivity contribution is -0.892. The van der Waals surface area contributed by atoms with Gasteiger partial charge in [0, 0.05) is 10.7 Å². The molecule has 2 aromatic rings. The quantitative estimate of drug-likeness (QED) is 0.809. The van der Waals surface area contributed by atoms with Crippen LogP contribution in [0.4, 0.5) is 24.0 Å². The molecular weight excluding hydrogens is 391 g/mol. The summed E-state index contributed by atoms with van der Waals surface area (Å²) in [5, 5.41) is 8.25. The molecule has 1 aliphatic heterocycles. The molecule has 1 fully saturated rings. The summed E-state index contributed by atoms with van der Waals surface area (Å²) in [6.45, 7) is 3.18. The second-order valence-electron chi connectivity index (χ2n) is 5.85. The van der Waals surface area contributed by atoms with Crippen LogP contribution >= 0.6 is 22.9 Å². The van der Waals surface area contributed by atoms with Crippen LogP contribution in [0.3, 0.4) is 0 Å². The van der Waals surface area contributed by atoms with E-state index in [0.717, 1.165) is 36.8 Å². The van der Waals surface area contributed by atoms with Crippen molar-refractivity contribution in [1.82, 2.24) is 10.2 Å². The number of amides is 1. The maximum absolute atomic E-state index is 12.5. The molecule has 1 amide bonds. The minimum absolute atomic E-state index is 0.140. The van der Waals surface area contributed by atoms with Gasteiger partial charge in [0.1, 0.15) is 0 Å². The Morgan fingerprint density at radius 3 is 2.65 bits per heavy atom. The maximum atomic E-state index is 12.5. The van der Waals surface area contributed by atoms with Crippen molar-refractivity contribution in [3.05, 3.63) is 34.3 Å². The van der Waals surface area contributed by atoms with Crippen LogP contribution in [0.5, 0.6) is 0 Å². The van der Waals surface area contributed by atoms with Gasteiger partial charge >= 0.3 is 6.18 Å². The lowest BCUT2D eigenvalue weighted by Gasteiger charge is -2.33. The highest BCUT2D eigenvalue weighted by Crippen LogP contribution is 2.32. The first kappa shape index (κ1) is 18.9. The number of carbonyl (C=O) groups is 1. The predicted molar refractivity (Wildman–Crippen MR) is 92.8 cm³/mol. The van der Waals surface area contributed by atoms with E-state index >= 15 is 0 Å². The fourth-order valence-electron chi connectivity index (χ4n) is 2.71. The van der Waals surface area contributed by atoms with E-state index in [1.807, 2.05) is 24.3 Å². The summed E-state index contributed by atoms with van der Waals surface area (Å²) in [6, 6.07) is 7.58. The van der Waals surface area contributed by atoms with Crippen LogP contribution in [-0.2, 0) is 11.0 Å². The molecular formula is C15H16ClF3N5OS+. The second-order valence-corrected chi connectivity index (χ2v) is 7.27. The zero-order chi connectivity index (χ0) is 18.7. The fourth-order valence-corrected chi connectivity index (χ4v) is 3.52. The number of benzene rings is 1. The van der Waals surface area contributed by atoms with Gasteiger partial charge in [-0.3, -0.25) is 10.1 Å². The molecule has 6 nitrogen and oxygen atoms in total. The molecule has 0 bridgehead atoms. The Bertz CT molecular complexity index is 777. The first-order valence-corrected chi connectivity index (χ1v) is 9.05. The van der Waals surface area contributed by atoms with Gasteiger partial charge in [-0.05, 0) is 18.2 Å². The number of alkyl halides is 3. The number of rotatable bonds is 4. The third-order valence-corrected chi connectivity index (χ3v) is 5.09. The molecule has 1 aliphatic rings. The summed E-state index contributed by atoms with van der Waals surface area (Å²) < 4.78 is 37.5. The minimum Gasteiger partial charge on any atom is -0.360 e. The number of nitrogens with zero attached hydrogens (tertiary/aromatic N) is 3. The predicted octanol–water partition coefficient (Wildman–Crippen LogP) is 1.55. The average molecular weight is 407 g/mol. The van der Waals surface area contributed by atoms with Gasteiger partial charge in [-0.15, -0.1) is 10.2 Å². The number of carbonyl (C=O) groups excluding carboxylic acids is 1. The lowest BCUT2D eigenvalue weighted by Crippen LogP contribution is -3.15. The molecule has 0 radical (unpaired) electrons. The molecule has 26 heavy (non-hydrogen) atoms. The summed E-state index contributed by atoms with van der Waals surface area (Å²) in [4.78, 5) is 15.3. The number of quaternary nitrogens is 1. The van der Waals surface area contributed by atoms with E-state index in [9.17, 15) is 18.0 Å². The van der Waals surface area contributed by atoms with E-state index in [1.54, 1.807) is 0 Å². The number of hydrogen-bond donors (Lipinski definition) is 2. The molecule has 0 spiro atoms. The van der Waals surface area contributed by atoms with E-state index in [0.29, 0.717) is 16.4 Å². The number of aromatic nitrogens is 2. The third kappa shape index (κ3) is 4.83. The van der Waals surface area contributed by atoms with Gasteiger partial charge in [0.05, 0.1) is 26.2 Å². The summed E-state index contributed by atoms with van der Waals surface area (Å²) in [5.74, 6) is -0.374. The summed E-state index contributed by atoms with van der Waals surface area (Å²) in [5.41, 5.74) is 1.04. The first-order valence-electron chi connectivity index (χ1n) is 7.86. The monoisotopic (exact) mass is 406 g/mol. The van der Waals surface area contributed by atoms with Gasteiger partial charge in [-0.1, -0.05) is 29.0 Å². The first-order chi connectivity index (χ1) is 12.3. The van der Waals surface area contributed by atoms with E-state index in [2.05, 4.69) is 20.4 Å². The minimum atomic E-state index is -4.55. The van der Waals surface area contributed by atoms with Crippen molar-refractivity contribution in [2.75, 3.05) is 42.9 Å². The largest absolute Gasteiger partial charge is 0.445 e. The highest BCUT2D eigenvalue weighted by Gasteiger charge is 2.36. The maximum Gasteiger partial charge on any atom is 0.445 e. The van der Waals surface area contributed by atoms with Crippen LogP contribution < -0.4 is 15.1 Å². The molecule has 2 N–H and O–H groups in total. The fraction of sp³-hybridized carbons (Fsp3) is 0.400. The van der Waals surface area contributed by atoms with Gasteiger partial charge in [0.25, 0.3) is 5.91 Å². The van der Waals surface area contributed by atoms with Crippen molar-refractivity contribution in [2.24, 2.45) is 0 Å². The van der Waals surface area contributed by atoms with Crippen molar-refractivity contribution in [2.45, 2.75) is 6.18 Å². The number of piperazine rings is 1. The van der Waals surface area contributed by atoms with Crippen LogP contribution in [0.2, 0.25) is 5.02 Å². The van der Waals surface area contributed by atoms with Gasteiger partial charge in [0.2, 0.25) is 10.1 Å². The van der Waals surface area contributed by atoms with Crippen LogP contribution in [0.1, 0.15) is 5.01 Å². The van der Waals surface area contributed by atoms with E-state index in [-0.39, 0.29) is 17.6 Å². The molecule has 0 unspecified atom stereocenters. The molecule has 2 heterocycles. The molecule has 0 aliphatic carbocycles. The Morgan fingerprint density at radius 1 is 1.31 bits per heavy atom. The van der Waals surface area contributed by atoms with Crippen molar-refractivity contribution in [3.63, 3.8) is 0 Å². The van der Waals surface area contributed by atoms with Gasteiger partial charge in [-0.2, -0.15) is 13.2 Å². The molecule has 1 aromatic carbocycles. The number of nitrogens with one attached hydrogen (secondary N) is 2. The zero-order valence-corrected chi connectivity index (χ0v) is 15.1. The topological polar surface area (TPSA) is 62.6 Å². The van der Waals surface area contributed by atoms with E-state index in [4.69, 9.17) is 11.6 Å².